The summed E-state index contributed by atoms with van der Waals surface area (Å²) < 4.78 is 73.0. The minimum Gasteiger partial charge on any atom is -0.449 e. The number of rotatable bonds is 3. The number of anilines is 1. The maximum Gasteiger partial charge on any atom is 0.428 e. The van der Waals surface area contributed by atoms with Crippen molar-refractivity contribution in [2.75, 3.05) is 5.32 Å². The van der Waals surface area contributed by atoms with Crippen LogP contribution in [0.3, 0.4) is 0 Å². The molecule has 0 saturated heterocycles. The maximum absolute atomic E-state index is 14.8. The molecule has 3 rings (SSSR count). The van der Waals surface area contributed by atoms with Crippen LogP contribution in [-0.2, 0) is 10.3 Å². The summed E-state index contributed by atoms with van der Waals surface area (Å²) in [5.74, 6) is -2.27. The number of aliphatic imine (C=N–C) groups is 1. The largest absolute Gasteiger partial charge is 0.449 e. The molecule has 0 spiro atoms. The molecular formula is C18H13F5N6O2. The summed E-state index contributed by atoms with van der Waals surface area (Å²) in [4.78, 5) is 23.3. The summed E-state index contributed by atoms with van der Waals surface area (Å²) in [6, 6.07) is 5.21. The average Bonchev–Trinajstić information content (AvgIpc) is 2.71. The van der Waals surface area contributed by atoms with Crippen molar-refractivity contribution in [2.45, 2.75) is 30.9 Å². The Kier molecular flexibility index (Phi) is 5.49. The van der Waals surface area contributed by atoms with Gasteiger partial charge in [0, 0.05) is 6.20 Å². The number of aromatic nitrogens is 2. The smallest absolute Gasteiger partial charge is 0.428 e. The Morgan fingerprint density at radius 2 is 2.03 bits per heavy atom. The normalized spacial score (nSPS) is 23.3. The minimum atomic E-state index is -5.15. The molecule has 0 aliphatic carbocycles. The van der Waals surface area contributed by atoms with E-state index in [-0.39, 0.29) is 17.1 Å². The Morgan fingerprint density at radius 3 is 2.61 bits per heavy atom. The monoisotopic (exact) mass is 440 g/mol. The number of halogens is 5. The summed E-state index contributed by atoms with van der Waals surface area (Å²) in [7, 11) is 0. The standard InChI is InChI=1S/C18H13F5N6O2/c1-17(12(20)14(18(21,22)23)31-16(25)29-17)13-9(19)3-5-11(27-13)28-15(30)10-4-2-8(6-24)7-26-10/h2-5,7,12,14H,1H3,(H2,25,29)(H,27,28,30)/t12-,14-,17-/m0/s1. The Balaban J connectivity index is 1.95. The lowest BCUT2D eigenvalue weighted by Crippen LogP contribution is -2.55. The van der Waals surface area contributed by atoms with Crippen molar-refractivity contribution in [3.05, 3.63) is 53.2 Å². The van der Waals surface area contributed by atoms with E-state index in [2.05, 4.69) is 25.0 Å². The topological polar surface area (TPSA) is 126 Å². The number of carbonyl (C=O) groups is 1. The van der Waals surface area contributed by atoms with Crippen LogP contribution in [0.1, 0.15) is 28.7 Å². The molecule has 31 heavy (non-hydrogen) atoms. The van der Waals surface area contributed by atoms with Gasteiger partial charge in [0.1, 0.15) is 34.6 Å². The molecule has 0 saturated carbocycles. The molecular weight excluding hydrogens is 427 g/mol. The van der Waals surface area contributed by atoms with E-state index in [0.29, 0.717) is 0 Å². The summed E-state index contributed by atoms with van der Waals surface area (Å²) >= 11 is 0. The first-order chi connectivity index (χ1) is 14.5. The lowest BCUT2D eigenvalue weighted by molar-refractivity contribution is -0.227. The van der Waals surface area contributed by atoms with Gasteiger partial charge in [-0.05, 0) is 31.2 Å². The van der Waals surface area contributed by atoms with Crippen LogP contribution in [0.4, 0.5) is 27.8 Å². The summed E-state index contributed by atoms with van der Waals surface area (Å²) in [5.41, 5.74) is 2.06. The molecule has 3 heterocycles. The molecule has 0 radical (unpaired) electrons. The van der Waals surface area contributed by atoms with E-state index in [4.69, 9.17) is 11.0 Å². The van der Waals surface area contributed by atoms with Crippen LogP contribution in [0.2, 0.25) is 0 Å². The van der Waals surface area contributed by atoms with Crippen LogP contribution < -0.4 is 11.1 Å². The van der Waals surface area contributed by atoms with Gasteiger partial charge in [0.2, 0.25) is 6.10 Å². The summed E-state index contributed by atoms with van der Waals surface area (Å²) in [5, 5.41) is 11.0. The number of pyridine rings is 2. The fourth-order valence-electron chi connectivity index (χ4n) is 2.86. The van der Waals surface area contributed by atoms with Gasteiger partial charge in [-0.2, -0.15) is 18.4 Å². The number of nitrogens with one attached hydrogen (secondary N) is 1. The number of alkyl halides is 4. The van der Waals surface area contributed by atoms with Gasteiger partial charge >= 0.3 is 6.18 Å². The molecule has 13 heteroatoms. The Bertz CT molecular complexity index is 1080. The fourth-order valence-corrected chi connectivity index (χ4v) is 2.86. The lowest BCUT2D eigenvalue weighted by atomic mass is 9.87. The molecule has 3 atom stereocenters. The van der Waals surface area contributed by atoms with Crippen molar-refractivity contribution < 1.29 is 31.5 Å². The zero-order valence-electron chi connectivity index (χ0n) is 15.6. The molecule has 2 aromatic heterocycles. The van der Waals surface area contributed by atoms with Crippen LogP contribution in [0.25, 0.3) is 0 Å². The van der Waals surface area contributed by atoms with Gasteiger partial charge in [-0.3, -0.25) is 4.79 Å². The molecule has 0 fully saturated rings. The molecule has 0 bridgehead atoms. The molecule has 2 aromatic rings. The van der Waals surface area contributed by atoms with Gasteiger partial charge in [-0.15, -0.1) is 0 Å². The molecule has 8 nitrogen and oxygen atoms in total. The predicted octanol–water partition coefficient (Wildman–Crippen LogP) is 2.57. The number of ether oxygens (including phenoxy) is 1. The zero-order chi connectivity index (χ0) is 23.0. The number of nitrogens with zero attached hydrogens (tertiary/aromatic N) is 4. The van der Waals surface area contributed by atoms with Crippen LogP contribution in [0, 0.1) is 17.1 Å². The van der Waals surface area contributed by atoms with Crippen molar-refractivity contribution in [3.8, 4) is 6.07 Å². The first kappa shape index (κ1) is 21.9. The number of amidine groups is 1. The summed E-state index contributed by atoms with van der Waals surface area (Å²) in [6.07, 6.45) is -9.88. The number of carbonyl (C=O) groups excluding carboxylic acids is 1. The number of nitriles is 1. The van der Waals surface area contributed by atoms with Crippen molar-refractivity contribution in [2.24, 2.45) is 10.7 Å². The van der Waals surface area contributed by atoms with Crippen molar-refractivity contribution in [1.29, 1.82) is 5.26 Å². The van der Waals surface area contributed by atoms with Crippen LogP contribution in [0.5, 0.6) is 0 Å². The Labute approximate surface area is 171 Å². The van der Waals surface area contributed by atoms with E-state index in [1.165, 1.54) is 12.1 Å². The van der Waals surface area contributed by atoms with E-state index < -0.39 is 47.4 Å². The Hall–Kier alpha value is -3.82. The van der Waals surface area contributed by atoms with Gasteiger partial charge in [0.25, 0.3) is 11.9 Å². The van der Waals surface area contributed by atoms with Gasteiger partial charge in [-0.25, -0.2) is 23.7 Å². The van der Waals surface area contributed by atoms with Gasteiger partial charge < -0.3 is 15.8 Å². The third kappa shape index (κ3) is 4.23. The number of hydrogen-bond acceptors (Lipinski definition) is 7. The SMILES string of the molecule is C[C@]1(c2nc(NC(=O)c3ccc(C#N)cn3)ccc2F)N=C(N)O[C@H](C(F)(F)F)[C@@H]1F. The van der Waals surface area contributed by atoms with Crippen molar-refractivity contribution in [1.82, 2.24) is 9.97 Å². The maximum atomic E-state index is 14.8. The van der Waals surface area contributed by atoms with E-state index >= 15 is 0 Å². The second-order valence-electron chi connectivity index (χ2n) is 6.60. The second kappa shape index (κ2) is 7.78. The van der Waals surface area contributed by atoms with Crippen molar-refractivity contribution in [3.63, 3.8) is 0 Å². The molecule has 0 aromatic carbocycles. The highest BCUT2D eigenvalue weighted by Gasteiger charge is 2.59. The lowest BCUT2D eigenvalue weighted by Gasteiger charge is -2.38. The molecule has 1 aliphatic rings. The Morgan fingerprint density at radius 1 is 1.32 bits per heavy atom. The number of nitrogens with two attached hydrogens (primary N) is 1. The van der Waals surface area contributed by atoms with Crippen LogP contribution in [-0.4, -0.2) is 40.3 Å². The van der Waals surface area contributed by atoms with Gasteiger partial charge in [0.15, 0.2) is 6.17 Å². The van der Waals surface area contributed by atoms with Crippen molar-refractivity contribution >= 4 is 17.7 Å². The van der Waals surface area contributed by atoms with Gasteiger partial charge in [-0.1, -0.05) is 0 Å². The second-order valence-corrected chi connectivity index (χ2v) is 6.60. The zero-order valence-corrected chi connectivity index (χ0v) is 15.6. The predicted molar refractivity (Wildman–Crippen MR) is 95.9 cm³/mol. The molecule has 1 aliphatic heterocycles. The summed E-state index contributed by atoms with van der Waals surface area (Å²) in [6.45, 7) is 0.880. The molecule has 0 unspecified atom stereocenters. The fraction of sp³-hybridized carbons (Fsp3) is 0.278. The van der Waals surface area contributed by atoms with Gasteiger partial charge in [0.05, 0.1) is 5.56 Å². The number of hydrogen-bond donors (Lipinski definition) is 2. The van der Waals surface area contributed by atoms with E-state index in [9.17, 15) is 26.7 Å². The number of amides is 1. The third-order valence-electron chi connectivity index (χ3n) is 4.41. The molecule has 1 amide bonds. The third-order valence-corrected chi connectivity index (χ3v) is 4.41. The van der Waals surface area contributed by atoms with Crippen LogP contribution in [0.15, 0.2) is 35.5 Å². The average molecular weight is 440 g/mol. The van der Waals surface area contributed by atoms with E-state index in [1.54, 1.807) is 0 Å². The molecule has 162 valence electrons. The van der Waals surface area contributed by atoms with Crippen LogP contribution >= 0.6 is 0 Å². The first-order valence-corrected chi connectivity index (χ1v) is 8.53. The van der Waals surface area contributed by atoms with E-state index in [0.717, 1.165) is 25.3 Å². The first-order valence-electron chi connectivity index (χ1n) is 8.53. The van der Waals surface area contributed by atoms with E-state index in [1.807, 2.05) is 6.07 Å². The molecule has 3 N–H and O–H groups in total. The quantitative estimate of drug-likeness (QED) is 0.707. The highest BCUT2D eigenvalue weighted by Crippen LogP contribution is 2.42. The highest BCUT2D eigenvalue weighted by atomic mass is 19.4. The minimum absolute atomic E-state index is 0.119. The highest BCUT2D eigenvalue weighted by molar-refractivity contribution is 6.02.